The summed E-state index contributed by atoms with van der Waals surface area (Å²) in [7, 11) is 0. The van der Waals surface area contributed by atoms with Crippen molar-refractivity contribution in [2.75, 3.05) is 5.32 Å². The molecule has 5 heteroatoms. The van der Waals surface area contributed by atoms with Gasteiger partial charge in [-0.25, -0.2) is 0 Å². The van der Waals surface area contributed by atoms with Gasteiger partial charge >= 0.3 is 0 Å². The molecular weight excluding hydrogens is 356 g/mol. The van der Waals surface area contributed by atoms with Gasteiger partial charge < -0.3 is 10.6 Å². The first-order chi connectivity index (χ1) is 11.0. The molecule has 0 heterocycles. The summed E-state index contributed by atoms with van der Waals surface area (Å²) in [6.45, 7) is 3.79. The van der Waals surface area contributed by atoms with Gasteiger partial charge in [0.1, 0.15) is 6.42 Å². The average molecular weight is 375 g/mol. The summed E-state index contributed by atoms with van der Waals surface area (Å²) in [6, 6.07) is 15.1. The molecule has 2 rings (SSSR count). The number of hydrogen-bond acceptors (Lipinski definition) is 2. The van der Waals surface area contributed by atoms with Gasteiger partial charge in [0.25, 0.3) is 0 Å². The van der Waals surface area contributed by atoms with Crippen molar-refractivity contribution in [1.82, 2.24) is 5.32 Å². The molecule has 4 nitrogen and oxygen atoms in total. The van der Waals surface area contributed by atoms with Crippen molar-refractivity contribution < 1.29 is 9.59 Å². The molecule has 1 unspecified atom stereocenters. The highest BCUT2D eigenvalue weighted by molar-refractivity contribution is 9.10. The molecule has 0 saturated heterocycles. The third-order valence-electron chi connectivity index (χ3n) is 3.46. The SMILES string of the molecule is Cc1cc(Br)ccc1NC(=O)CC(=O)NC(C)c1ccccc1. The number of halogens is 1. The Balaban J connectivity index is 1.88. The summed E-state index contributed by atoms with van der Waals surface area (Å²) in [4.78, 5) is 24.0. The van der Waals surface area contributed by atoms with Gasteiger partial charge in [-0.2, -0.15) is 0 Å². The standard InChI is InChI=1S/C18H19BrN2O2/c1-12-10-15(19)8-9-16(12)21-18(23)11-17(22)20-13(2)14-6-4-3-5-7-14/h3-10,13H,11H2,1-2H3,(H,20,22)(H,21,23). The van der Waals surface area contributed by atoms with E-state index in [1.807, 2.05) is 62.4 Å². The number of anilines is 1. The number of benzene rings is 2. The number of amides is 2. The van der Waals surface area contributed by atoms with E-state index in [1.165, 1.54) is 0 Å². The molecule has 120 valence electrons. The van der Waals surface area contributed by atoms with E-state index in [9.17, 15) is 9.59 Å². The van der Waals surface area contributed by atoms with Gasteiger partial charge in [0.2, 0.25) is 11.8 Å². The Hall–Kier alpha value is -2.14. The lowest BCUT2D eigenvalue weighted by atomic mass is 10.1. The molecule has 0 fully saturated rings. The molecule has 0 bridgehead atoms. The Kier molecular flexibility index (Phi) is 5.93. The highest BCUT2D eigenvalue weighted by atomic mass is 79.9. The summed E-state index contributed by atoms with van der Waals surface area (Å²) < 4.78 is 0.947. The molecule has 2 amide bonds. The maximum absolute atomic E-state index is 12.0. The zero-order valence-electron chi connectivity index (χ0n) is 13.1. The molecule has 1 atom stereocenters. The maximum atomic E-state index is 12.0. The van der Waals surface area contributed by atoms with E-state index in [-0.39, 0.29) is 24.3 Å². The van der Waals surface area contributed by atoms with E-state index in [1.54, 1.807) is 0 Å². The lowest BCUT2D eigenvalue weighted by Crippen LogP contribution is -2.30. The van der Waals surface area contributed by atoms with E-state index in [4.69, 9.17) is 0 Å². The number of carbonyl (C=O) groups is 2. The van der Waals surface area contributed by atoms with Crippen LogP contribution in [0.3, 0.4) is 0 Å². The molecule has 0 radical (unpaired) electrons. The number of nitrogens with one attached hydrogen (secondary N) is 2. The van der Waals surface area contributed by atoms with Gasteiger partial charge in [-0.15, -0.1) is 0 Å². The Bertz CT molecular complexity index is 701. The highest BCUT2D eigenvalue weighted by Gasteiger charge is 2.14. The van der Waals surface area contributed by atoms with Crippen molar-refractivity contribution in [2.45, 2.75) is 26.3 Å². The van der Waals surface area contributed by atoms with Crippen molar-refractivity contribution in [3.63, 3.8) is 0 Å². The summed E-state index contributed by atoms with van der Waals surface area (Å²) in [5.41, 5.74) is 2.65. The lowest BCUT2D eigenvalue weighted by molar-refractivity contribution is -0.127. The van der Waals surface area contributed by atoms with Gasteiger partial charge in [-0.1, -0.05) is 46.3 Å². The minimum Gasteiger partial charge on any atom is -0.349 e. The van der Waals surface area contributed by atoms with Gasteiger partial charge in [0, 0.05) is 10.2 Å². The fourth-order valence-corrected chi connectivity index (χ4v) is 2.70. The molecule has 2 aromatic rings. The molecular formula is C18H19BrN2O2. The normalized spacial score (nSPS) is 11.6. The molecule has 0 aliphatic rings. The average Bonchev–Trinajstić information content (AvgIpc) is 2.50. The lowest BCUT2D eigenvalue weighted by Gasteiger charge is -2.14. The Morgan fingerprint density at radius 3 is 2.43 bits per heavy atom. The molecule has 0 aromatic heterocycles. The second-order valence-corrected chi connectivity index (χ2v) is 6.30. The predicted octanol–water partition coefficient (Wildman–Crippen LogP) is 3.96. The van der Waals surface area contributed by atoms with Crippen LogP contribution in [0.2, 0.25) is 0 Å². The van der Waals surface area contributed by atoms with Crippen LogP contribution in [0.4, 0.5) is 5.69 Å². The summed E-state index contributed by atoms with van der Waals surface area (Å²) in [5.74, 6) is -0.623. The van der Waals surface area contributed by atoms with Crippen molar-refractivity contribution in [3.8, 4) is 0 Å². The quantitative estimate of drug-likeness (QED) is 0.778. The van der Waals surface area contributed by atoms with Gasteiger partial charge in [0.15, 0.2) is 0 Å². The summed E-state index contributed by atoms with van der Waals surface area (Å²) >= 11 is 3.38. The molecule has 0 saturated carbocycles. The molecule has 0 spiro atoms. The van der Waals surface area contributed by atoms with Crippen molar-refractivity contribution in [3.05, 3.63) is 64.1 Å². The number of hydrogen-bond donors (Lipinski definition) is 2. The third kappa shape index (κ3) is 5.21. The smallest absolute Gasteiger partial charge is 0.233 e. The Morgan fingerprint density at radius 1 is 1.09 bits per heavy atom. The fourth-order valence-electron chi connectivity index (χ4n) is 2.23. The first kappa shape index (κ1) is 17.2. The monoisotopic (exact) mass is 374 g/mol. The second kappa shape index (κ2) is 7.92. The summed E-state index contributed by atoms with van der Waals surface area (Å²) in [5, 5.41) is 5.59. The van der Waals surface area contributed by atoms with Crippen molar-refractivity contribution in [2.24, 2.45) is 0 Å². The molecule has 0 aliphatic carbocycles. The van der Waals surface area contributed by atoms with Gasteiger partial charge in [-0.05, 0) is 43.2 Å². The minimum atomic E-state index is -0.326. The van der Waals surface area contributed by atoms with Crippen LogP contribution in [0.15, 0.2) is 53.0 Å². The third-order valence-corrected chi connectivity index (χ3v) is 3.95. The largest absolute Gasteiger partial charge is 0.349 e. The predicted molar refractivity (Wildman–Crippen MR) is 95.1 cm³/mol. The molecule has 2 aromatic carbocycles. The first-order valence-corrected chi connectivity index (χ1v) is 8.15. The van der Waals surface area contributed by atoms with Crippen molar-refractivity contribution in [1.29, 1.82) is 0 Å². The second-order valence-electron chi connectivity index (χ2n) is 5.38. The van der Waals surface area contributed by atoms with Gasteiger partial charge in [0.05, 0.1) is 6.04 Å². The fraction of sp³-hybridized carbons (Fsp3) is 0.222. The number of carbonyl (C=O) groups excluding carboxylic acids is 2. The molecule has 23 heavy (non-hydrogen) atoms. The van der Waals surface area contributed by atoms with Gasteiger partial charge in [-0.3, -0.25) is 9.59 Å². The number of rotatable bonds is 5. The van der Waals surface area contributed by atoms with E-state index in [2.05, 4.69) is 26.6 Å². The van der Waals surface area contributed by atoms with Crippen LogP contribution in [0.1, 0.15) is 30.5 Å². The maximum Gasteiger partial charge on any atom is 0.233 e. The number of aryl methyl sites for hydroxylation is 1. The highest BCUT2D eigenvalue weighted by Crippen LogP contribution is 2.20. The van der Waals surface area contributed by atoms with Crippen molar-refractivity contribution >= 4 is 33.4 Å². The van der Waals surface area contributed by atoms with E-state index in [0.717, 1.165) is 15.6 Å². The molecule has 2 N–H and O–H groups in total. The van der Waals surface area contributed by atoms with Crippen LogP contribution in [0, 0.1) is 6.92 Å². The Morgan fingerprint density at radius 2 is 1.78 bits per heavy atom. The van der Waals surface area contributed by atoms with Crippen LogP contribution < -0.4 is 10.6 Å². The van der Waals surface area contributed by atoms with E-state index >= 15 is 0 Å². The minimum absolute atomic E-state index is 0.133. The van der Waals surface area contributed by atoms with Crippen LogP contribution >= 0.6 is 15.9 Å². The van der Waals surface area contributed by atoms with E-state index < -0.39 is 0 Å². The first-order valence-electron chi connectivity index (χ1n) is 7.36. The van der Waals surface area contributed by atoms with E-state index in [0.29, 0.717) is 5.69 Å². The van der Waals surface area contributed by atoms with Crippen LogP contribution in [0.25, 0.3) is 0 Å². The zero-order valence-corrected chi connectivity index (χ0v) is 14.7. The zero-order chi connectivity index (χ0) is 16.8. The summed E-state index contributed by atoms with van der Waals surface area (Å²) in [6.07, 6.45) is -0.202. The topological polar surface area (TPSA) is 58.2 Å². The van der Waals surface area contributed by atoms with Crippen LogP contribution in [-0.4, -0.2) is 11.8 Å². The molecule has 0 aliphatic heterocycles. The Labute approximate surface area is 144 Å². The van der Waals surface area contributed by atoms with Crippen LogP contribution in [0.5, 0.6) is 0 Å². The van der Waals surface area contributed by atoms with Crippen LogP contribution in [-0.2, 0) is 9.59 Å².